The van der Waals surface area contributed by atoms with Gasteiger partial charge in [-0.25, -0.2) is 8.42 Å². The number of amides is 2. The third kappa shape index (κ3) is 5.65. The van der Waals surface area contributed by atoms with Crippen molar-refractivity contribution >= 4 is 43.8 Å². The van der Waals surface area contributed by atoms with Crippen molar-refractivity contribution in [3.8, 4) is 0 Å². The maximum atomic E-state index is 12.7. The van der Waals surface area contributed by atoms with Crippen LogP contribution >= 0.6 is 15.9 Å². The van der Waals surface area contributed by atoms with Gasteiger partial charge in [-0.05, 0) is 49.5 Å². The first-order valence-electron chi connectivity index (χ1n) is 9.37. The van der Waals surface area contributed by atoms with Gasteiger partial charge < -0.3 is 9.80 Å². The lowest BCUT2D eigenvalue weighted by Gasteiger charge is -2.32. The van der Waals surface area contributed by atoms with Gasteiger partial charge in [0.25, 0.3) is 0 Å². The Kier molecular flexibility index (Phi) is 6.90. The van der Waals surface area contributed by atoms with Gasteiger partial charge in [-0.15, -0.1) is 0 Å². The van der Waals surface area contributed by atoms with Crippen molar-refractivity contribution in [2.45, 2.75) is 31.7 Å². The number of carbonyl (C=O) groups is 2. The molecule has 0 saturated carbocycles. The Balaban J connectivity index is 1.60. The van der Waals surface area contributed by atoms with E-state index in [-0.39, 0.29) is 18.4 Å². The molecule has 152 valence electrons. The molecule has 3 rings (SSSR count). The van der Waals surface area contributed by atoms with Gasteiger partial charge in [0.1, 0.15) is 6.04 Å². The lowest BCUT2D eigenvalue weighted by molar-refractivity contribution is -0.142. The van der Waals surface area contributed by atoms with Crippen LogP contribution in [0.4, 0.5) is 0 Å². The van der Waals surface area contributed by atoms with Crippen LogP contribution in [0.15, 0.2) is 34.1 Å². The van der Waals surface area contributed by atoms with Crippen LogP contribution in [-0.4, -0.2) is 62.3 Å². The molecule has 1 aromatic carbocycles. The standard InChI is InChI=1S/C19H24BrN3O4S/c20-16-6-3-5-15(13-16)8-12-28(26,27)21-17-7-4-11-23(19(17)25)14-18(24)22-9-1-2-10-22/h3,5-6,8,12-13,17,21H,1-2,4,7,9-11,14H2/t17-/m0/s1. The van der Waals surface area contributed by atoms with Gasteiger partial charge in [0.05, 0.1) is 6.54 Å². The first kappa shape index (κ1) is 21.0. The summed E-state index contributed by atoms with van der Waals surface area (Å²) >= 11 is 3.34. The van der Waals surface area contributed by atoms with Gasteiger partial charge in [0.15, 0.2) is 0 Å². The van der Waals surface area contributed by atoms with E-state index in [2.05, 4.69) is 20.7 Å². The van der Waals surface area contributed by atoms with Gasteiger partial charge in [-0.3, -0.25) is 9.59 Å². The lowest BCUT2D eigenvalue weighted by atomic mass is 10.1. The van der Waals surface area contributed by atoms with E-state index >= 15 is 0 Å². The largest absolute Gasteiger partial charge is 0.341 e. The van der Waals surface area contributed by atoms with E-state index in [0.717, 1.165) is 41.4 Å². The monoisotopic (exact) mass is 469 g/mol. The Bertz CT molecular complexity index is 866. The number of sulfonamides is 1. The number of nitrogens with one attached hydrogen (secondary N) is 1. The molecule has 7 nitrogen and oxygen atoms in total. The molecule has 0 radical (unpaired) electrons. The molecule has 1 aromatic rings. The van der Waals surface area contributed by atoms with Crippen molar-refractivity contribution in [2.24, 2.45) is 0 Å². The highest BCUT2D eigenvalue weighted by Crippen LogP contribution is 2.16. The van der Waals surface area contributed by atoms with Crippen LogP contribution in [-0.2, 0) is 19.6 Å². The number of likely N-dealkylation sites (tertiary alicyclic amines) is 2. The summed E-state index contributed by atoms with van der Waals surface area (Å²) in [5.74, 6) is -0.401. The predicted octanol–water partition coefficient (Wildman–Crippen LogP) is 1.95. The number of hydrogen-bond donors (Lipinski definition) is 1. The molecule has 2 aliphatic rings. The fraction of sp³-hybridized carbons (Fsp3) is 0.474. The molecule has 0 aliphatic carbocycles. The summed E-state index contributed by atoms with van der Waals surface area (Å²) in [5.41, 5.74) is 0.729. The predicted molar refractivity (Wildman–Crippen MR) is 111 cm³/mol. The van der Waals surface area contributed by atoms with Gasteiger partial charge in [0.2, 0.25) is 21.8 Å². The van der Waals surface area contributed by atoms with E-state index in [1.807, 2.05) is 12.1 Å². The first-order chi connectivity index (χ1) is 13.3. The maximum Gasteiger partial charge on any atom is 0.242 e. The Hall–Kier alpha value is -1.71. The van der Waals surface area contributed by atoms with Crippen molar-refractivity contribution in [1.29, 1.82) is 0 Å². The average molecular weight is 470 g/mol. The van der Waals surface area contributed by atoms with Crippen LogP contribution in [0.5, 0.6) is 0 Å². The fourth-order valence-corrected chi connectivity index (χ4v) is 4.90. The number of rotatable bonds is 6. The van der Waals surface area contributed by atoms with Gasteiger partial charge in [-0.2, -0.15) is 4.72 Å². The molecule has 2 aliphatic heterocycles. The molecule has 0 aromatic heterocycles. The normalized spacial score (nSPS) is 20.9. The second-order valence-corrected chi connectivity index (χ2v) is 9.58. The molecule has 1 atom stereocenters. The zero-order valence-electron chi connectivity index (χ0n) is 15.5. The Labute approximate surface area is 173 Å². The quantitative estimate of drug-likeness (QED) is 0.689. The summed E-state index contributed by atoms with van der Waals surface area (Å²) in [5, 5.41) is 1.07. The molecule has 2 fully saturated rings. The van der Waals surface area contributed by atoms with E-state index in [1.54, 1.807) is 17.0 Å². The third-order valence-electron chi connectivity index (χ3n) is 4.91. The van der Waals surface area contributed by atoms with Gasteiger partial charge in [0, 0.05) is 29.5 Å². The van der Waals surface area contributed by atoms with Crippen LogP contribution in [0, 0.1) is 0 Å². The van der Waals surface area contributed by atoms with Gasteiger partial charge >= 0.3 is 0 Å². The second kappa shape index (κ2) is 9.19. The molecule has 0 bridgehead atoms. The number of nitrogens with zero attached hydrogens (tertiary/aromatic N) is 2. The zero-order chi connectivity index (χ0) is 20.1. The minimum Gasteiger partial charge on any atom is -0.341 e. The highest BCUT2D eigenvalue weighted by atomic mass is 79.9. The number of piperidine rings is 1. The van der Waals surface area contributed by atoms with Crippen LogP contribution < -0.4 is 4.72 Å². The third-order valence-corrected chi connectivity index (χ3v) is 6.51. The van der Waals surface area contributed by atoms with Crippen LogP contribution in [0.3, 0.4) is 0 Å². The van der Waals surface area contributed by atoms with Crippen LogP contribution in [0.25, 0.3) is 6.08 Å². The molecule has 28 heavy (non-hydrogen) atoms. The second-order valence-electron chi connectivity index (χ2n) is 7.06. The number of halogens is 1. The van der Waals surface area contributed by atoms with E-state index < -0.39 is 16.1 Å². The molecule has 1 N–H and O–H groups in total. The van der Waals surface area contributed by atoms with Crippen LogP contribution in [0.2, 0.25) is 0 Å². The number of hydrogen-bond acceptors (Lipinski definition) is 4. The van der Waals surface area contributed by atoms with E-state index in [1.165, 1.54) is 11.0 Å². The molecule has 9 heteroatoms. The SMILES string of the molecule is O=C(CN1CCC[C@H](NS(=O)(=O)C=Cc2cccc(Br)c2)C1=O)N1CCCC1. The summed E-state index contributed by atoms with van der Waals surface area (Å²) in [4.78, 5) is 28.2. The molecular formula is C19H24BrN3O4S. The van der Waals surface area contributed by atoms with E-state index in [4.69, 9.17) is 0 Å². The Morgan fingerprint density at radius 2 is 1.96 bits per heavy atom. The summed E-state index contributed by atoms with van der Waals surface area (Å²) in [6.07, 6.45) is 4.55. The van der Waals surface area contributed by atoms with Crippen molar-refractivity contribution in [3.63, 3.8) is 0 Å². The highest BCUT2D eigenvalue weighted by Gasteiger charge is 2.33. The maximum absolute atomic E-state index is 12.7. The smallest absolute Gasteiger partial charge is 0.242 e. The minimum atomic E-state index is -3.78. The summed E-state index contributed by atoms with van der Waals surface area (Å²) in [6, 6.07) is 6.40. The number of benzene rings is 1. The van der Waals surface area contributed by atoms with Crippen molar-refractivity contribution in [1.82, 2.24) is 14.5 Å². The molecule has 0 spiro atoms. The van der Waals surface area contributed by atoms with E-state index in [0.29, 0.717) is 19.4 Å². The average Bonchev–Trinajstić information content (AvgIpc) is 3.18. The topological polar surface area (TPSA) is 86.8 Å². The minimum absolute atomic E-state index is 0.0188. The van der Waals surface area contributed by atoms with Crippen LogP contribution in [0.1, 0.15) is 31.2 Å². The molecule has 2 saturated heterocycles. The number of carbonyl (C=O) groups excluding carboxylic acids is 2. The van der Waals surface area contributed by atoms with Gasteiger partial charge in [-0.1, -0.05) is 28.1 Å². The Morgan fingerprint density at radius 1 is 1.21 bits per heavy atom. The fourth-order valence-electron chi connectivity index (χ4n) is 3.45. The summed E-state index contributed by atoms with van der Waals surface area (Å²) < 4.78 is 28.1. The molecule has 2 heterocycles. The molecular weight excluding hydrogens is 446 g/mol. The summed E-state index contributed by atoms with van der Waals surface area (Å²) in [6.45, 7) is 1.96. The summed E-state index contributed by atoms with van der Waals surface area (Å²) in [7, 11) is -3.78. The molecule has 0 unspecified atom stereocenters. The Morgan fingerprint density at radius 3 is 2.68 bits per heavy atom. The first-order valence-corrected chi connectivity index (χ1v) is 11.7. The highest BCUT2D eigenvalue weighted by molar-refractivity contribution is 9.10. The van der Waals surface area contributed by atoms with E-state index in [9.17, 15) is 18.0 Å². The van der Waals surface area contributed by atoms with Crippen molar-refractivity contribution < 1.29 is 18.0 Å². The zero-order valence-corrected chi connectivity index (χ0v) is 17.9. The lowest BCUT2D eigenvalue weighted by Crippen LogP contribution is -2.54. The van der Waals surface area contributed by atoms with Crippen molar-refractivity contribution in [3.05, 3.63) is 39.7 Å². The molecule has 2 amide bonds. The van der Waals surface area contributed by atoms with Crippen molar-refractivity contribution in [2.75, 3.05) is 26.2 Å².